The third-order valence-corrected chi connectivity index (χ3v) is 2.44. The molecule has 0 bridgehead atoms. The Morgan fingerprint density at radius 1 is 1.11 bits per heavy atom. The summed E-state index contributed by atoms with van der Waals surface area (Å²) in [7, 11) is 0. The first-order chi connectivity index (χ1) is 8.95. The molecule has 19 heavy (non-hydrogen) atoms. The molecule has 1 aromatic rings. The van der Waals surface area contributed by atoms with Gasteiger partial charge in [-0.15, -0.1) is 0 Å². The van der Waals surface area contributed by atoms with Crippen molar-refractivity contribution in [1.29, 1.82) is 0 Å². The van der Waals surface area contributed by atoms with E-state index >= 15 is 0 Å². The highest BCUT2D eigenvalue weighted by Gasteiger charge is 2.19. The molecule has 0 spiro atoms. The van der Waals surface area contributed by atoms with Crippen LogP contribution in [0.1, 0.15) is 47.1 Å². The Balaban J connectivity index is 2.99. The van der Waals surface area contributed by atoms with Gasteiger partial charge in [-0.05, 0) is 31.9 Å². The smallest absolute Gasteiger partial charge is 0.339 e. The van der Waals surface area contributed by atoms with Crippen molar-refractivity contribution in [1.82, 2.24) is 0 Å². The van der Waals surface area contributed by atoms with Crippen LogP contribution >= 0.6 is 0 Å². The molecule has 0 saturated carbocycles. The zero-order valence-corrected chi connectivity index (χ0v) is 11.9. The first-order valence-electron chi connectivity index (χ1n) is 6.40. The minimum atomic E-state index is -0.498. The van der Waals surface area contributed by atoms with Gasteiger partial charge in [0.25, 0.3) is 0 Å². The van der Waals surface area contributed by atoms with E-state index < -0.39 is 11.9 Å². The first-order valence-corrected chi connectivity index (χ1v) is 6.40. The van der Waals surface area contributed by atoms with E-state index in [4.69, 9.17) is 9.47 Å². The third kappa shape index (κ3) is 4.39. The number of benzene rings is 1. The van der Waals surface area contributed by atoms with Crippen LogP contribution in [0.3, 0.4) is 0 Å². The van der Waals surface area contributed by atoms with Gasteiger partial charge in [0.1, 0.15) is 0 Å². The van der Waals surface area contributed by atoms with E-state index in [1.807, 2.05) is 20.8 Å². The molecular weight excluding hydrogens is 244 g/mol. The zero-order valence-electron chi connectivity index (χ0n) is 11.9. The van der Waals surface area contributed by atoms with Crippen LogP contribution in [0.2, 0.25) is 0 Å². The van der Waals surface area contributed by atoms with Gasteiger partial charge in [-0.3, -0.25) is 0 Å². The topological polar surface area (TPSA) is 52.6 Å². The number of hydrogen-bond donors (Lipinski definition) is 0. The van der Waals surface area contributed by atoms with Crippen molar-refractivity contribution in [3.05, 3.63) is 34.9 Å². The average molecular weight is 264 g/mol. The standard InChI is InChI=1S/C15H20O4/c1-5-18-15(17)13-8-11(4)6-7-12(13)14(16)19-9-10(2)3/h6-8,10H,5,9H2,1-4H3. The molecule has 4 nitrogen and oxygen atoms in total. The molecule has 1 aromatic carbocycles. The van der Waals surface area contributed by atoms with Crippen LogP contribution in [0.15, 0.2) is 18.2 Å². The first kappa shape index (κ1) is 15.2. The lowest BCUT2D eigenvalue weighted by atomic mass is 10.0. The van der Waals surface area contributed by atoms with Gasteiger partial charge in [-0.1, -0.05) is 25.5 Å². The van der Waals surface area contributed by atoms with Gasteiger partial charge in [-0.2, -0.15) is 0 Å². The summed E-state index contributed by atoms with van der Waals surface area (Å²) in [5, 5.41) is 0. The fraction of sp³-hybridized carbons (Fsp3) is 0.467. The van der Waals surface area contributed by atoms with Crippen molar-refractivity contribution < 1.29 is 19.1 Å². The number of esters is 2. The Hall–Kier alpha value is -1.84. The van der Waals surface area contributed by atoms with Gasteiger partial charge in [0.05, 0.1) is 24.3 Å². The van der Waals surface area contributed by atoms with Gasteiger partial charge in [-0.25, -0.2) is 9.59 Å². The van der Waals surface area contributed by atoms with Crippen molar-refractivity contribution in [3.8, 4) is 0 Å². The molecule has 0 unspecified atom stereocenters. The van der Waals surface area contributed by atoms with Gasteiger partial charge in [0.15, 0.2) is 0 Å². The number of carbonyl (C=O) groups excluding carboxylic acids is 2. The second-order valence-electron chi connectivity index (χ2n) is 4.76. The summed E-state index contributed by atoms with van der Waals surface area (Å²) in [6.07, 6.45) is 0. The summed E-state index contributed by atoms with van der Waals surface area (Å²) in [4.78, 5) is 23.8. The van der Waals surface area contributed by atoms with Gasteiger partial charge in [0.2, 0.25) is 0 Å². The second-order valence-corrected chi connectivity index (χ2v) is 4.76. The van der Waals surface area contributed by atoms with E-state index in [-0.39, 0.29) is 23.7 Å². The van der Waals surface area contributed by atoms with E-state index in [1.165, 1.54) is 0 Å². The molecule has 0 N–H and O–H groups in total. The molecule has 0 atom stereocenters. The van der Waals surface area contributed by atoms with Crippen molar-refractivity contribution in [2.24, 2.45) is 5.92 Å². The quantitative estimate of drug-likeness (QED) is 0.767. The summed E-state index contributed by atoms with van der Waals surface area (Å²) in [5.74, 6) is -0.736. The molecule has 0 aromatic heterocycles. The SMILES string of the molecule is CCOC(=O)c1cc(C)ccc1C(=O)OCC(C)C. The lowest BCUT2D eigenvalue weighted by Gasteiger charge is -2.11. The summed E-state index contributed by atoms with van der Waals surface area (Å²) in [5.41, 5.74) is 1.41. The van der Waals surface area contributed by atoms with E-state index in [0.29, 0.717) is 6.61 Å². The number of ether oxygens (including phenoxy) is 2. The summed E-state index contributed by atoms with van der Waals surface area (Å²) in [6.45, 7) is 8.09. The molecular formula is C15H20O4. The number of hydrogen-bond acceptors (Lipinski definition) is 4. The highest BCUT2D eigenvalue weighted by Crippen LogP contribution is 2.15. The molecule has 0 aliphatic rings. The monoisotopic (exact) mass is 264 g/mol. The Kier molecular flexibility index (Phi) is 5.55. The molecule has 0 radical (unpaired) electrons. The van der Waals surface area contributed by atoms with Crippen LogP contribution in [0.4, 0.5) is 0 Å². The fourth-order valence-corrected chi connectivity index (χ4v) is 1.53. The van der Waals surface area contributed by atoms with Gasteiger partial charge in [0, 0.05) is 0 Å². The van der Waals surface area contributed by atoms with E-state index in [9.17, 15) is 9.59 Å². The van der Waals surface area contributed by atoms with E-state index in [0.717, 1.165) is 5.56 Å². The highest BCUT2D eigenvalue weighted by atomic mass is 16.5. The maximum absolute atomic E-state index is 12.0. The molecule has 0 saturated heterocycles. The maximum Gasteiger partial charge on any atom is 0.339 e. The summed E-state index contributed by atoms with van der Waals surface area (Å²) < 4.78 is 10.1. The van der Waals surface area contributed by atoms with Crippen molar-refractivity contribution in [2.75, 3.05) is 13.2 Å². The van der Waals surface area contributed by atoms with Crippen LogP contribution in [-0.4, -0.2) is 25.2 Å². The predicted molar refractivity (Wildman–Crippen MR) is 72.3 cm³/mol. The van der Waals surface area contributed by atoms with Gasteiger partial charge >= 0.3 is 11.9 Å². The van der Waals surface area contributed by atoms with Crippen LogP contribution in [0.25, 0.3) is 0 Å². The normalized spacial score (nSPS) is 10.4. The summed E-state index contributed by atoms with van der Waals surface area (Å²) in [6, 6.07) is 5.02. The van der Waals surface area contributed by atoms with Crippen molar-refractivity contribution in [2.45, 2.75) is 27.7 Å². The van der Waals surface area contributed by atoms with E-state index in [1.54, 1.807) is 25.1 Å². The number of aryl methyl sites for hydroxylation is 1. The van der Waals surface area contributed by atoms with Crippen LogP contribution in [0.5, 0.6) is 0 Å². The third-order valence-electron chi connectivity index (χ3n) is 2.44. The fourth-order valence-electron chi connectivity index (χ4n) is 1.53. The molecule has 0 aliphatic heterocycles. The predicted octanol–water partition coefficient (Wildman–Crippen LogP) is 2.98. The number of carbonyl (C=O) groups is 2. The highest BCUT2D eigenvalue weighted by molar-refractivity contribution is 6.03. The minimum Gasteiger partial charge on any atom is -0.462 e. The molecule has 1 rings (SSSR count). The molecule has 0 fully saturated rings. The van der Waals surface area contributed by atoms with Crippen molar-refractivity contribution in [3.63, 3.8) is 0 Å². The molecule has 104 valence electrons. The summed E-state index contributed by atoms with van der Waals surface area (Å²) >= 11 is 0. The lowest BCUT2D eigenvalue weighted by Crippen LogP contribution is -2.16. The Morgan fingerprint density at radius 2 is 1.74 bits per heavy atom. The maximum atomic E-state index is 12.0. The van der Waals surface area contributed by atoms with E-state index in [2.05, 4.69) is 0 Å². The number of rotatable bonds is 5. The average Bonchev–Trinajstić information content (AvgIpc) is 2.36. The van der Waals surface area contributed by atoms with Crippen LogP contribution in [-0.2, 0) is 9.47 Å². The zero-order chi connectivity index (χ0) is 14.4. The van der Waals surface area contributed by atoms with Crippen LogP contribution < -0.4 is 0 Å². The Morgan fingerprint density at radius 3 is 2.32 bits per heavy atom. The van der Waals surface area contributed by atoms with Crippen LogP contribution in [0, 0.1) is 12.8 Å². The molecule has 0 aliphatic carbocycles. The Bertz CT molecular complexity index is 463. The Labute approximate surface area is 113 Å². The van der Waals surface area contributed by atoms with Crippen molar-refractivity contribution >= 4 is 11.9 Å². The second kappa shape index (κ2) is 6.92. The molecule has 4 heteroatoms. The lowest BCUT2D eigenvalue weighted by molar-refractivity contribution is 0.0435. The molecule has 0 heterocycles. The van der Waals surface area contributed by atoms with Gasteiger partial charge < -0.3 is 9.47 Å². The molecule has 0 amide bonds. The minimum absolute atomic E-state index is 0.250. The largest absolute Gasteiger partial charge is 0.462 e.